The number of hydrogen-bond acceptors (Lipinski definition) is 7. The number of ether oxygens (including phenoxy) is 2. The molecule has 0 aliphatic heterocycles. The van der Waals surface area contributed by atoms with E-state index in [0.29, 0.717) is 27.9 Å². The number of methoxy groups -OCH3 is 2. The molecule has 2 aromatic carbocycles. The van der Waals surface area contributed by atoms with Gasteiger partial charge in [0.2, 0.25) is 11.7 Å². The molecule has 34 heavy (non-hydrogen) atoms. The average molecular weight is 481 g/mol. The van der Waals surface area contributed by atoms with Crippen LogP contribution in [0.25, 0.3) is 22.8 Å². The van der Waals surface area contributed by atoms with Crippen molar-refractivity contribution in [1.82, 2.24) is 20.0 Å². The Balaban J connectivity index is 1.47. The molecule has 0 spiro atoms. The van der Waals surface area contributed by atoms with Crippen molar-refractivity contribution in [3.8, 4) is 34.3 Å². The molecule has 4 rings (SSSR count). The fourth-order valence-electron chi connectivity index (χ4n) is 3.34. The molecular formula is C24H21ClN4O5. The number of carbonyl (C=O) groups excluding carboxylic acids is 1. The number of halogens is 1. The minimum atomic E-state index is -0.350. The van der Waals surface area contributed by atoms with Crippen LogP contribution in [0.15, 0.2) is 70.1 Å². The van der Waals surface area contributed by atoms with Crippen LogP contribution in [0.5, 0.6) is 11.5 Å². The Morgan fingerprint density at radius 1 is 1.06 bits per heavy atom. The van der Waals surface area contributed by atoms with Crippen molar-refractivity contribution in [2.24, 2.45) is 0 Å². The molecule has 0 bridgehead atoms. The predicted octanol–water partition coefficient (Wildman–Crippen LogP) is 3.55. The SMILES string of the molecule is COc1cccc(CNC(=O)Cn2cc(-c3nc(-c4ccc(Cl)cc4)no3)ccc2=O)c1OC. The van der Waals surface area contributed by atoms with Gasteiger partial charge in [0.1, 0.15) is 6.54 Å². The largest absolute Gasteiger partial charge is 0.493 e. The molecule has 0 radical (unpaired) electrons. The molecule has 0 saturated heterocycles. The molecule has 1 amide bonds. The van der Waals surface area contributed by atoms with Crippen LogP contribution in [-0.4, -0.2) is 34.8 Å². The normalized spacial score (nSPS) is 10.7. The quantitative estimate of drug-likeness (QED) is 0.410. The molecule has 0 saturated carbocycles. The molecule has 0 fully saturated rings. The summed E-state index contributed by atoms with van der Waals surface area (Å²) < 4.78 is 17.3. The van der Waals surface area contributed by atoms with Crippen LogP contribution < -0.4 is 20.3 Å². The number of nitrogens with zero attached hydrogens (tertiary/aromatic N) is 3. The molecule has 2 heterocycles. The van der Waals surface area contributed by atoms with Gasteiger partial charge in [0.25, 0.3) is 11.4 Å². The van der Waals surface area contributed by atoms with E-state index in [1.54, 1.807) is 49.6 Å². The van der Waals surface area contributed by atoms with Crippen LogP contribution in [0.2, 0.25) is 5.02 Å². The first-order valence-electron chi connectivity index (χ1n) is 10.3. The monoisotopic (exact) mass is 480 g/mol. The minimum absolute atomic E-state index is 0.183. The number of amides is 1. The van der Waals surface area contributed by atoms with Gasteiger partial charge in [-0.3, -0.25) is 9.59 Å². The number of carbonyl (C=O) groups is 1. The maximum absolute atomic E-state index is 12.6. The van der Waals surface area contributed by atoms with Crippen LogP contribution in [0.1, 0.15) is 5.56 Å². The first-order valence-corrected chi connectivity index (χ1v) is 10.6. The zero-order valence-electron chi connectivity index (χ0n) is 18.4. The molecule has 2 aromatic heterocycles. The Kier molecular flexibility index (Phi) is 6.93. The zero-order valence-corrected chi connectivity index (χ0v) is 19.2. The van der Waals surface area contributed by atoms with Crippen LogP contribution in [0, 0.1) is 0 Å². The van der Waals surface area contributed by atoms with E-state index in [-0.39, 0.29) is 30.4 Å². The Hall–Kier alpha value is -4.11. The van der Waals surface area contributed by atoms with Crippen molar-refractivity contribution in [1.29, 1.82) is 0 Å². The predicted molar refractivity (Wildman–Crippen MR) is 126 cm³/mol. The Morgan fingerprint density at radius 2 is 1.82 bits per heavy atom. The smallest absolute Gasteiger partial charge is 0.259 e. The second-order valence-corrected chi connectivity index (χ2v) is 7.68. The summed E-state index contributed by atoms with van der Waals surface area (Å²) in [5.41, 5.74) is 1.65. The van der Waals surface area contributed by atoms with Crippen molar-refractivity contribution in [3.63, 3.8) is 0 Å². The molecule has 0 unspecified atom stereocenters. The topological polar surface area (TPSA) is 108 Å². The second-order valence-electron chi connectivity index (χ2n) is 7.24. The summed E-state index contributed by atoms with van der Waals surface area (Å²) in [7, 11) is 3.07. The number of aromatic nitrogens is 3. The van der Waals surface area contributed by atoms with E-state index < -0.39 is 0 Å². The number of nitrogens with one attached hydrogen (secondary N) is 1. The summed E-state index contributed by atoms with van der Waals surface area (Å²) in [4.78, 5) is 29.3. The highest BCUT2D eigenvalue weighted by Crippen LogP contribution is 2.30. The molecule has 0 aliphatic rings. The number of benzene rings is 2. The molecule has 0 aliphatic carbocycles. The number of rotatable bonds is 8. The van der Waals surface area contributed by atoms with E-state index in [9.17, 15) is 9.59 Å². The van der Waals surface area contributed by atoms with Crippen molar-refractivity contribution >= 4 is 17.5 Å². The summed E-state index contributed by atoms with van der Waals surface area (Å²) in [6.07, 6.45) is 1.51. The lowest BCUT2D eigenvalue weighted by atomic mass is 10.2. The summed E-state index contributed by atoms with van der Waals surface area (Å²) in [6.45, 7) is 0.0267. The highest BCUT2D eigenvalue weighted by atomic mass is 35.5. The van der Waals surface area contributed by atoms with Crippen LogP contribution in [0.4, 0.5) is 0 Å². The zero-order chi connectivity index (χ0) is 24.1. The van der Waals surface area contributed by atoms with E-state index in [2.05, 4.69) is 15.5 Å². The Bertz CT molecular complexity index is 1360. The average Bonchev–Trinajstić information content (AvgIpc) is 3.34. The first kappa shape index (κ1) is 23.1. The lowest BCUT2D eigenvalue weighted by molar-refractivity contribution is -0.121. The molecule has 4 aromatic rings. The summed E-state index contributed by atoms with van der Waals surface area (Å²) in [5.74, 6) is 1.36. The summed E-state index contributed by atoms with van der Waals surface area (Å²) in [5, 5.41) is 7.37. The van der Waals surface area contributed by atoms with E-state index in [4.69, 9.17) is 25.6 Å². The number of pyridine rings is 1. The highest BCUT2D eigenvalue weighted by molar-refractivity contribution is 6.30. The van der Waals surface area contributed by atoms with Crippen molar-refractivity contribution < 1.29 is 18.8 Å². The maximum Gasteiger partial charge on any atom is 0.259 e. The fraction of sp³-hybridized carbons (Fsp3) is 0.167. The minimum Gasteiger partial charge on any atom is -0.493 e. The standard InChI is InChI=1S/C24H21ClN4O5/c1-32-19-5-3-4-16(22(19)33-2)12-26-20(30)14-29-13-17(8-11-21(29)31)24-27-23(28-34-24)15-6-9-18(25)10-7-15/h3-11,13H,12,14H2,1-2H3,(H,26,30). The van der Waals surface area contributed by atoms with Gasteiger partial charge in [-0.25, -0.2) is 0 Å². The molecule has 9 nitrogen and oxygen atoms in total. The Labute approximate surface area is 199 Å². The number of hydrogen-bond donors (Lipinski definition) is 1. The van der Waals surface area contributed by atoms with Gasteiger partial charge < -0.3 is 23.9 Å². The summed E-state index contributed by atoms with van der Waals surface area (Å²) in [6, 6.07) is 15.3. The highest BCUT2D eigenvalue weighted by Gasteiger charge is 2.14. The maximum atomic E-state index is 12.6. The Morgan fingerprint density at radius 3 is 2.56 bits per heavy atom. The van der Waals surface area contributed by atoms with E-state index in [1.807, 2.05) is 6.07 Å². The van der Waals surface area contributed by atoms with Gasteiger partial charge in [-0.1, -0.05) is 28.9 Å². The first-order chi connectivity index (χ1) is 16.5. The van der Waals surface area contributed by atoms with Gasteiger partial charge in [0, 0.05) is 35.0 Å². The van der Waals surface area contributed by atoms with E-state index in [0.717, 1.165) is 11.1 Å². The van der Waals surface area contributed by atoms with Crippen LogP contribution >= 0.6 is 11.6 Å². The third-order valence-corrected chi connectivity index (χ3v) is 5.29. The van der Waals surface area contributed by atoms with E-state index >= 15 is 0 Å². The van der Waals surface area contributed by atoms with Gasteiger partial charge >= 0.3 is 0 Å². The van der Waals surface area contributed by atoms with Crippen molar-refractivity contribution in [2.45, 2.75) is 13.1 Å². The second kappa shape index (κ2) is 10.2. The van der Waals surface area contributed by atoms with Gasteiger partial charge in [-0.2, -0.15) is 4.98 Å². The molecular weight excluding hydrogens is 460 g/mol. The lowest BCUT2D eigenvalue weighted by Gasteiger charge is -2.13. The van der Waals surface area contributed by atoms with Crippen LogP contribution in [-0.2, 0) is 17.9 Å². The molecule has 0 atom stereocenters. The molecule has 10 heteroatoms. The van der Waals surface area contributed by atoms with Gasteiger partial charge in [-0.15, -0.1) is 0 Å². The van der Waals surface area contributed by atoms with Gasteiger partial charge in [0.15, 0.2) is 11.5 Å². The van der Waals surface area contributed by atoms with Crippen LogP contribution in [0.3, 0.4) is 0 Å². The lowest BCUT2D eigenvalue weighted by Crippen LogP contribution is -2.31. The molecule has 1 N–H and O–H groups in total. The number of para-hydroxylation sites is 1. The summed E-state index contributed by atoms with van der Waals surface area (Å²) >= 11 is 5.92. The fourth-order valence-corrected chi connectivity index (χ4v) is 3.46. The van der Waals surface area contributed by atoms with E-state index in [1.165, 1.54) is 23.9 Å². The van der Waals surface area contributed by atoms with Crippen molar-refractivity contribution in [2.75, 3.05) is 14.2 Å². The van der Waals surface area contributed by atoms with Crippen molar-refractivity contribution in [3.05, 3.63) is 81.7 Å². The third kappa shape index (κ3) is 5.10. The van der Waals surface area contributed by atoms with Gasteiger partial charge in [-0.05, 0) is 36.4 Å². The molecule has 174 valence electrons. The van der Waals surface area contributed by atoms with Gasteiger partial charge in [0.05, 0.1) is 19.8 Å². The third-order valence-electron chi connectivity index (χ3n) is 5.03.